The van der Waals surface area contributed by atoms with E-state index >= 15 is 0 Å². The van der Waals surface area contributed by atoms with Crippen LogP contribution in [0, 0.1) is 0 Å². The van der Waals surface area contributed by atoms with Crippen molar-refractivity contribution in [2.24, 2.45) is 0 Å². The number of aromatic nitrogens is 4. The molecule has 1 saturated heterocycles. The molecule has 3 rings (SSSR count). The second kappa shape index (κ2) is 11.8. The zero-order chi connectivity index (χ0) is 23.8. The third-order valence-electron chi connectivity index (χ3n) is 6.40. The highest BCUT2D eigenvalue weighted by Gasteiger charge is 2.25. The summed E-state index contributed by atoms with van der Waals surface area (Å²) in [5.41, 5.74) is 7.66. The van der Waals surface area contributed by atoms with Crippen LogP contribution in [0.4, 0.5) is 5.82 Å². The fraction of sp³-hybridized carbons (Fsp3) is 0.792. The first kappa shape index (κ1) is 25.5. The highest BCUT2D eigenvalue weighted by molar-refractivity contribution is 5.83. The van der Waals surface area contributed by atoms with E-state index in [-0.39, 0.29) is 5.54 Å². The number of methoxy groups -OCH3 is 1. The number of aryl methyl sites for hydroxylation is 1. The third-order valence-corrected chi connectivity index (χ3v) is 6.40. The molecule has 2 aromatic heterocycles. The molecule has 3 heterocycles. The zero-order valence-corrected chi connectivity index (χ0v) is 21.3. The molecule has 1 aliphatic heterocycles. The molecule has 9 nitrogen and oxygen atoms in total. The maximum Gasteiger partial charge on any atom is 0.320 e. The van der Waals surface area contributed by atoms with E-state index in [0.717, 1.165) is 32.2 Å². The minimum absolute atomic E-state index is 0.280. The number of fused-ring (bicyclic) bond motifs is 1. The molecule has 0 aliphatic carbocycles. The van der Waals surface area contributed by atoms with E-state index in [1.165, 1.54) is 45.6 Å². The number of nitrogen functional groups attached to an aromatic ring is 1. The Morgan fingerprint density at radius 1 is 0.909 bits per heavy atom. The number of ether oxygens (including phenoxy) is 2. The molecule has 2 N–H and O–H groups in total. The first-order valence-electron chi connectivity index (χ1n) is 12.5. The van der Waals surface area contributed by atoms with Crippen LogP contribution in [0.15, 0.2) is 0 Å². The molecule has 0 bridgehead atoms. The number of nitrogens with two attached hydrogens (primary N) is 1. The largest absolute Gasteiger partial charge is 0.468 e. The molecule has 33 heavy (non-hydrogen) atoms. The molecule has 186 valence electrons. The summed E-state index contributed by atoms with van der Waals surface area (Å²) >= 11 is 0. The van der Waals surface area contributed by atoms with Gasteiger partial charge in [-0.1, -0.05) is 26.2 Å². The van der Waals surface area contributed by atoms with Crippen LogP contribution in [0.25, 0.3) is 11.2 Å². The molecular weight excluding hydrogens is 418 g/mol. The van der Waals surface area contributed by atoms with Crippen molar-refractivity contribution in [1.82, 2.24) is 29.3 Å². The van der Waals surface area contributed by atoms with E-state index in [1.807, 2.05) is 4.57 Å². The van der Waals surface area contributed by atoms with E-state index < -0.39 is 0 Å². The molecule has 9 heteroatoms. The van der Waals surface area contributed by atoms with Crippen molar-refractivity contribution in [2.75, 3.05) is 52.2 Å². The van der Waals surface area contributed by atoms with E-state index in [4.69, 9.17) is 15.2 Å². The quantitative estimate of drug-likeness (QED) is 0.479. The van der Waals surface area contributed by atoms with Gasteiger partial charge in [-0.2, -0.15) is 15.0 Å². The first-order valence-corrected chi connectivity index (χ1v) is 12.5. The van der Waals surface area contributed by atoms with Crippen LogP contribution in [-0.4, -0.2) is 81.3 Å². The normalized spacial score (nSPS) is 15.9. The molecule has 1 fully saturated rings. The molecule has 0 atom stereocenters. The number of imidazole rings is 1. The molecule has 0 amide bonds. The Hall–Kier alpha value is -2.13. The fourth-order valence-corrected chi connectivity index (χ4v) is 4.31. The maximum absolute atomic E-state index is 6.13. The van der Waals surface area contributed by atoms with Gasteiger partial charge in [0.25, 0.3) is 6.01 Å². The second-order valence-corrected chi connectivity index (χ2v) is 9.93. The van der Waals surface area contributed by atoms with Crippen LogP contribution >= 0.6 is 0 Å². The van der Waals surface area contributed by atoms with Crippen LogP contribution in [-0.2, 0) is 6.54 Å². The Morgan fingerprint density at radius 3 is 2.24 bits per heavy atom. The van der Waals surface area contributed by atoms with Gasteiger partial charge in [0.1, 0.15) is 0 Å². The Bertz CT molecular complexity index is 870. The Labute approximate surface area is 198 Å². The summed E-state index contributed by atoms with van der Waals surface area (Å²) in [5, 5.41) is 0. The van der Waals surface area contributed by atoms with Crippen molar-refractivity contribution >= 4 is 17.0 Å². The van der Waals surface area contributed by atoms with Crippen LogP contribution < -0.4 is 15.2 Å². The summed E-state index contributed by atoms with van der Waals surface area (Å²) in [5.74, 6) is 0.329. The van der Waals surface area contributed by atoms with Gasteiger partial charge in [-0.3, -0.25) is 9.47 Å². The van der Waals surface area contributed by atoms with Gasteiger partial charge < -0.3 is 20.1 Å². The Balaban J connectivity index is 1.46. The minimum Gasteiger partial charge on any atom is -0.468 e. The predicted molar refractivity (Wildman–Crippen MR) is 133 cm³/mol. The lowest BCUT2D eigenvalue weighted by Gasteiger charge is -2.42. The van der Waals surface area contributed by atoms with Gasteiger partial charge in [0.15, 0.2) is 17.0 Å². The van der Waals surface area contributed by atoms with Gasteiger partial charge in [-0.05, 0) is 46.6 Å². The van der Waals surface area contributed by atoms with Gasteiger partial charge >= 0.3 is 6.01 Å². The van der Waals surface area contributed by atoms with E-state index in [0.29, 0.717) is 35.6 Å². The molecule has 0 saturated carbocycles. The van der Waals surface area contributed by atoms with Gasteiger partial charge in [0, 0.05) is 38.3 Å². The number of hydrogen-bond acceptors (Lipinski definition) is 8. The fourth-order valence-electron chi connectivity index (χ4n) is 4.31. The van der Waals surface area contributed by atoms with E-state index in [9.17, 15) is 0 Å². The summed E-state index contributed by atoms with van der Waals surface area (Å²) in [6.45, 7) is 16.3. The summed E-state index contributed by atoms with van der Waals surface area (Å²) in [7, 11) is 1.62. The predicted octanol–water partition coefficient (Wildman–Crippen LogP) is 3.57. The van der Waals surface area contributed by atoms with E-state index in [1.54, 1.807) is 7.11 Å². The average molecular weight is 462 g/mol. The van der Waals surface area contributed by atoms with Gasteiger partial charge in [0.2, 0.25) is 0 Å². The van der Waals surface area contributed by atoms with Crippen molar-refractivity contribution in [1.29, 1.82) is 0 Å². The molecule has 0 radical (unpaired) electrons. The third kappa shape index (κ3) is 6.93. The number of nitrogens with zero attached hydrogens (tertiary/aromatic N) is 6. The Kier molecular flexibility index (Phi) is 9.14. The van der Waals surface area contributed by atoms with Crippen LogP contribution in [0.2, 0.25) is 0 Å². The SMILES string of the molecule is CCCCOc1nc(N)c2nc(OC)n(CCCCCCN3CCN(C(C)(C)C)CC3)c2n1. The first-order chi connectivity index (χ1) is 15.8. The number of piperazine rings is 1. The van der Waals surface area contributed by atoms with E-state index in [2.05, 4.69) is 52.4 Å². The topological polar surface area (TPSA) is 94.6 Å². The second-order valence-electron chi connectivity index (χ2n) is 9.93. The highest BCUT2D eigenvalue weighted by atomic mass is 16.5. The summed E-state index contributed by atoms with van der Waals surface area (Å²) < 4.78 is 13.2. The summed E-state index contributed by atoms with van der Waals surface area (Å²) in [4.78, 5) is 18.5. The zero-order valence-electron chi connectivity index (χ0n) is 21.3. The molecular formula is C24H43N7O2. The highest BCUT2D eigenvalue weighted by Crippen LogP contribution is 2.26. The average Bonchev–Trinajstić information content (AvgIpc) is 3.14. The van der Waals surface area contributed by atoms with Gasteiger partial charge in [-0.25, -0.2) is 0 Å². The molecule has 2 aromatic rings. The standard InChI is InChI=1S/C24H43N7O2/c1-6-7-18-33-22-27-20(25)19-21(28-22)31(23(26-19)32-5)13-11-9-8-10-12-29-14-16-30(17-15-29)24(2,3)4/h6-18H2,1-5H3,(H2,25,27,28). The molecule has 1 aliphatic rings. The van der Waals surface area contributed by atoms with Gasteiger partial charge in [0.05, 0.1) is 13.7 Å². The molecule has 0 aromatic carbocycles. The minimum atomic E-state index is 0.280. The summed E-state index contributed by atoms with van der Waals surface area (Å²) in [6, 6.07) is 0.831. The van der Waals surface area contributed by atoms with Crippen LogP contribution in [0.1, 0.15) is 66.2 Å². The van der Waals surface area contributed by atoms with Crippen LogP contribution in [0.5, 0.6) is 12.0 Å². The van der Waals surface area contributed by atoms with Crippen molar-refractivity contribution in [3.63, 3.8) is 0 Å². The lowest BCUT2D eigenvalue weighted by atomic mass is 10.0. The lowest BCUT2D eigenvalue weighted by Crippen LogP contribution is -2.53. The number of anilines is 1. The van der Waals surface area contributed by atoms with Crippen molar-refractivity contribution in [2.45, 2.75) is 78.3 Å². The summed E-state index contributed by atoms with van der Waals surface area (Å²) in [6.07, 6.45) is 6.66. The smallest absolute Gasteiger partial charge is 0.320 e. The Morgan fingerprint density at radius 2 is 1.61 bits per heavy atom. The monoisotopic (exact) mass is 461 g/mol. The van der Waals surface area contributed by atoms with Gasteiger partial charge in [-0.15, -0.1) is 0 Å². The lowest BCUT2D eigenvalue weighted by molar-refractivity contribution is 0.0616. The molecule has 0 unspecified atom stereocenters. The van der Waals surface area contributed by atoms with Crippen molar-refractivity contribution in [3.05, 3.63) is 0 Å². The maximum atomic E-state index is 6.13. The van der Waals surface area contributed by atoms with Crippen molar-refractivity contribution in [3.8, 4) is 12.0 Å². The number of hydrogen-bond donors (Lipinski definition) is 1. The van der Waals surface area contributed by atoms with Crippen molar-refractivity contribution < 1.29 is 9.47 Å². The number of rotatable bonds is 12. The molecule has 0 spiro atoms. The number of unbranched alkanes of at least 4 members (excludes halogenated alkanes) is 4. The van der Waals surface area contributed by atoms with Crippen LogP contribution in [0.3, 0.4) is 0 Å².